The molecule has 0 spiro atoms. The minimum Gasteiger partial charge on any atom is -0.289 e. The van der Waals surface area contributed by atoms with Crippen LogP contribution in [0.15, 0.2) is 12.7 Å². The van der Waals surface area contributed by atoms with Crippen LogP contribution >= 0.6 is 0 Å². The number of nitrogens with one attached hydrogen (secondary N) is 1. The third-order valence-corrected chi connectivity index (χ3v) is 1.39. The number of nitriles is 1. The van der Waals surface area contributed by atoms with Gasteiger partial charge < -0.3 is 0 Å². The normalized spacial score (nSPS) is 16.2. The molecule has 0 radical (unpaired) electrons. The Hall–Kier alpha value is -1.02. The van der Waals surface area contributed by atoms with Crippen molar-refractivity contribution in [1.82, 2.24) is 5.32 Å². The Morgan fingerprint density at radius 1 is 1.58 bits per heavy atom. The second-order valence-corrected chi connectivity index (χ2v) is 2.40. The van der Waals surface area contributed by atoms with E-state index in [1.54, 1.807) is 0 Å². The summed E-state index contributed by atoms with van der Waals surface area (Å²) in [4.78, 5) is 0. The van der Waals surface area contributed by atoms with Gasteiger partial charge in [0.2, 0.25) is 0 Å². The molecule has 0 aliphatic heterocycles. The van der Waals surface area contributed by atoms with Crippen LogP contribution in [-0.2, 0) is 0 Å². The maximum Gasteiger partial charge on any atom is 0.419 e. The lowest BCUT2D eigenvalue weighted by Crippen LogP contribution is -2.53. The summed E-state index contributed by atoms with van der Waals surface area (Å²) in [6.07, 6.45) is -3.30. The first-order chi connectivity index (χ1) is 5.37. The Labute approximate surface area is 68.7 Å². The molecule has 0 bridgehead atoms. The van der Waals surface area contributed by atoms with Gasteiger partial charge in [0.25, 0.3) is 0 Å². The van der Waals surface area contributed by atoms with Crippen LogP contribution in [0.1, 0.15) is 6.92 Å². The smallest absolute Gasteiger partial charge is 0.289 e. The lowest BCUT2D eigenvalue weighted by Gasteiger charge is -2.25. The van der Waals surface area contributed by atoms with Crippen LogP contribution in [0, 0.1) is 11.3 Å². The summed E-state index contributed by atoms with van der Waals surface area (Å²) in [6.45, 7) is 3.98. The van der Waals surface area contributed by atoms with E-state index in [2.05, 4.69) is 6.58 Å². The van der Waals surface area contributed by atoms with E-state index >= 15 is 0 Å². The molecule has 0 aromatic rings. The van der Waals surface area contributed by atoms with Gasteiger partial charge in [-0.25, -0.2) is 0 Å². The quantitative estimate of drug-likeness (QED) is 0.666. The molecule has 12 heavy (non-hydrogen) atoms. The van der Waals surface area contributed by atoms with Gasteiger partial charge in [0.15, 0.2) is 5.54 Å². The zero-order valence-electron chi connectivity index (χ0n) is 6.57. The molecule has 1 N–H and O–H groups in total. The maximum absolute atomic E-state index is 12.1. The second kappa shape index (κ2) is 3.59. The summed E-state index contributed by atoms with van der Waals surface area (Å²) in [5.41, 5.74) is -2.48. The molecular weight excluding hydrogens is 169 g/mol. The Morgan fingerprint density at radius 3 is 2.33 bits per heavy atom. The number of rotatable bonds is 3. The minimum absolute atomic E-state index is 0.0520. The van der Waals surface area contributed by atoms with Crippen LogP contribution in [-0.4, -0.2) is 18.3 Å². The fraction of sp³-hybridized carbons (Fsp3) is 0.571. The van der Waals surface area contributed by atoms with Gasteiger partial charge in [-0.05, 0) is 6.92 Å². The van der Waals surface area contributed by atoms with Crippen molar-refractivity contribution in [2.45, 2.75) is 18.6 Å². The van der Waals surface area contributed by atoms with Gasteiger partial charge in [-0.1, -0.05) is 6.08 Å². The highest BCUT2D eigenvalue weighted by Crippen LogP contribution is 2.29. The standard InChI is InChI=1S/C7H9F3N2/c1-3-4-12-6(2,5-11)7(8,9)10/h3,12H,1,4H2,2H3. The molecule has 5 heteroatoms. The van der Waals surface area contributed by atoms with Crippen molar-refractivity contribution in [3.8, 4) is 6.07 Å². The molecule has 0 saturated heterocycles. The Bertz CT molecular complexity index is 204. The molecule has 0 saturated carbocycles. The number of halogens is 3. The van der Waals surface area contributed by atoms with Crippen molar-refractivity contribution in [3.05, 3.63) is 12.7 Å². The lowest BCUT2D eigenvalue weighted by atomic mass is 10.0. The first-order valence-corrected chi connectivity index (χ1v) is 3.21. The van der Waals surface area contributed by atoms with E-state index in [-0.39, 0.29) is 6.54 Å². The fourth-order valence-corrected chi connectivity index (χ4v) is 0.479. The van der Waals surface area contributed by atoms with E-state index in [9.17, 15) is 13.2 Å². The molecule has 0 aromatic heterocycles. The van der Waals surface area contributed by atoms with Crippen molar-refractivity contribution in [2.24, 2.45) is 0 Å². The monoisotopic (exact) mass is 178 g/mol. The SMILES string of the molecule is C=CCNC(C)(C#N)C(F)(F)F. The van der Waals surface area contributed by atoms with Gasteiger partial charge in [0.05, 0.1) is 6.07 Å². The average Bonchev–Trinajstić information content (AvgIpc) is 1.98. The van der Waals surface area contributed by atoms with Crippen molar-refractivity contribution >= 4 is 0 Å². The van der Waals surface area contributed by atoms with Crippen LogP contribution in [0.4, 0.5) is 13.2 Å². The van der Waals surface area contributed by atoms with Gasteiger partial charge in [-0.15, -0.1) is 6.58 Å². The fourth-order valence-electron chi connectivity index (χ4n) is 0.479. The molecule has 0 rings (SSSR count). The van der Waals surface area contributed by atoms with Crippen LogP contribution in [0.2, 0.25) is 0 Å². The highest BCUT2D eigenvalue weighted by Gasteiger charge is 2.51. The molecule has 2 nitrogen and oxygen atoms in total. The van der Waals surface area contributed by atoms with Crippen molar-refractivity contribution in [3.63, 3.8) is 0 Å². The van der Waals surface area contributed by atoms with Crippen molar-refractivity contribution < 1.29 is 13.2 Å². The van der Waals surface area contributed by atoms with Crippen molar-refractivity contribution in [2.75, 3.05) is 6.54 Å². The van der Waals surface area contributed by atoms with Gasteiger partial charge in [-0.2, -0.15) is 18.4 Å². The van der Waals surface area contributed by atoms with Gasteiger partial charge >= 0.3 is 6.18 Å². The predicted octanol–water partition coefficient (Wildman–Crippen LogP) is 1.61. The second-order valence-electron chi connectivity index (χ2n) is 2.40. The highest BCUT2D eigenvalue weighted by atomic mass is 19.4. The lowest BCUT2D eigenvalue weighted by molar-refractivity contribution is -0.173. The highest BCUT2D eigenvalue weighted by molar-refractivity contribution is 5.09. The molecule has 68 valence electrons. The first kappa shape index (κ1) is 11.0. The van der Waals surface area contributed by atoms with Crippen LogP contribution in [0.3, 0.4) is 0 Å². The minimum atomic E-state index is -4.56. The Morgan fingerprint density at radius 2 is 2.08 bits per heavy atom. The van der Waals surface area contributed by atoms with E-state index in [1.165, 1.54) is 12.1 Å². The molecule has 0 aliphatic rings. The zero-order valence-corrected chi connectivity index (χ0v) is 6.57. The van der Waals surface area contributed by atoms with Crippen LogP contribution < -0.4 is 5.32 Å². The van der Waals surface area contributed by atoms with Crippen LogP contribution in [0.25, 0.3) is 0 Å². The van der Waals surface area contributed by atoms with E-state index in [0.717, 1.165) is 6.92 Å². The van der Waals surface area contributed by atoms with Gasteiger partial charge in [-0.3, -0.25) is 5.32 Å². The van der Waals surface area contributed by atoms with Crippen LogP contribution in [0.5, 0.6) is 0 Å². The maximum atomic E-state index is 12.1. The van der Waals surface area contributed by atoms with E-state index in [0.29, 0.717) is 0 Å². The molecule has 0 heterocycles. The first-order valence-electron chi connectivity index (χ1n) is 3.21. The zero-order chi connectivity index (χ0) is 9.83. The van der Waals surface area contributed by atoms with E-state index < -0.39 is 11.7 Å². The number of hydrogen-bond donors (Lipinski definition) is 1. The van der Waals surface area contributed by atoms with Gasteiger partial charge in [0, 0.05) is 6.54 Å². The van der Waals surface area contributed by atoms with E-state index in [4.69, 9.17) is 5.26 Å². The molecule has 0 aliphatic carbocycles. The molecule has 1 atom stereocenters. The third-order valence-electron chi connectivity index (χ3n) is 1.39. The summed E-state index contributed by atoms with van der Waals surface area (Å²) < 4.78 is 36.3. The Kier molecular flexibility index (Phi) is 3.28. The topological polar surface area (TPSA) is 35.8 Å². The summed E-state index contributed by atoms with van der Waals surface area (Å²) in [5, 5.41) is 10.3. The summed E-state index contributed by atoms with van der Waals surface area (Å²) in [7, 11) is 0. The molecular formula is C7H9F3N2. The molecule has 0 amide bonds. The number of nitrogens with zero attached hydrogens (tertiary/aromatic N) is 1. The van der Waals surface area contributed by atoms with Crippen molar-refractivity contribution in [1.29, 1.82) is 5.26 Å². The average molecular weight is 178 g/mol. The van der Waals surface area contributed by atoms with E-state index in [1.807, 2.05) is 5.32 Å². The largest absolute Gasteiger partial charge is 0.419 e. The molecule has 1 unspecified atom stereocenters. The third kappa shape index (κ3) is 2.24. The molecule has 0 fully saturated rings. The summed E-state index contributed by atoms with van der Waals surface area (Å²) in [5.74, 6) is 0. The number of alkyl halides is 3. The molecule has 0 aromatic carbocycles. The number of hydrogen-bond acceptors (Lipinski definition) is 2. The predicted molar refractivity (Wildman–Crippen MR) is 38.3 cm³/mol. The Balaban J connectivity index is 4.48. The summed E-state index contributed by atoms with van der Waals surface area (Å²) in [6, 6.07) is 1.17. The van der Waals surface area contributed by atoms with Gasteiger partial charge in [0.1, 0.15) is 0 Å². The summed E-state index contributed by atoms with van der Waals surface area (Å²) >= 11 is 0.